The van der Waals surface area contributed by atoms with Gasteiger partial charge in [0.25, 0.3) is 0 Å². The minimum absolute atomic E-state index is 0.0546. The molecule has 0 aromatic carbocycles. The molecular formula is C12H13N3O2S. The van der Waals surface area contributed by atoms with Crippen LogP contribution in [0.15, 0.2) is 29.9 Å². The van der Waals surface area contributed by atoms with Crippen LogP contribution >= 0.6 is 11.3 Å². The zero-order valence-corrected chi connectivity index (χ0v) is 10.6. The van der Waals surface area contributed by atoms with Crippen molar-refractivity contribution in [2.45, 2.75) is 19.4 Å². The van der Waals surface area contributed by atoms with Gasteiger partial charge in [-0.15, -0.1) is 11.3 Å². The number of carboxylic acids is 1. The molecular weight excluding hydrogens is 250 g/mol. The fourth-order valence-corrected chi connectivity index (χ4v) is 2.44. The smallest absolute Gasteiger partial charge is 0.356 e. The molecule has 0 aliphatic rings. The van der Waals surface area contributed by atoms with Crippen LogP contribution in [-0.2, 0) is 0 Å². The molecule has 0 amide bonds. The molecule has 2 aromatic rings. The molecule has 1 atom stereocenters. The molecule has 2 heterocycles. The summed E-state index contributed by atoms with van der Waals surface area (Å²) in [6.45, 7) is 2.06. The molecule has 1 unspecified atom stereocenters. The fraction of sp³-hybridized carbons (Fsp3) is 0.250. The van der Waals surface area contributed by atoms with E-state index in [1.807, 2.05) is 17.5 Å². The van der Waals surface area contributed by atoms with Crippen molar-refractivity contribution in [1.29, 1.82) is 0 Å². The quantitative estimate of drug-likeness (QED) is 0.867. The number of aromatic carboxylic acids is 1. The normalized spacial score (nSPS) is 12.1. The number of rotatable bonds is 5. The topological polar surface area (TPSA) is 75.1 Å². The van der Waals surface area contributed by atoms with Crippen molar-refractivity contribution in [1.82, 2.24) is 9.97 Å². The first-order valence-electron chi connectivity index (χ1n) is 5.56. The minimum atomic E-state index is -1.07. The molecule has 0 aliphatic heterocycles. The number of hydrogen-bond donors (Lipinski definition) is 2. The Kier molecular flexibility index (Phi) is 3.88. The molecule has 2 aromatic heterocycles. The number of hydrogen-bond acceptors (Lipinski definition) is 5. The van der Waals surface area contributed by atoms with Crippen molar-refractivity contribution >= 4 is 23.1 Å². The maximum Gasteiger partial charge on any atom is 0.356 e. The van der Waals surface area contributed by atoms with E-state index in [4.69, 9.17) is 5.11 Å². The molecule has 0 bridgehead atoms. The predicted octanol–water partition coefficient (Wildman–Crippen LogP) is 2.80. The van der Waals surface area contributed by atoms with Gasteiger partial charge in [-0.05, 0) is 17.9 Å². The Morgan fingerprint density at radius 1 is 1.56 bits per heavy atom. The highest BCUT2D eigenvalue weighted by molar-refractivity contribution is 7.10. The standard InChI is InChI=1S/C12H13N3O2S/c1-2-8(10-4-3-5-18-10)14-11-7-13-6-9(15-11)12(16)17/h3-8H,2H2,1H3,(H,14,15)(H,16,17). The molecule has 6 heteroatoms. The minimum Gasteiger partial charge on any atom is -0.476 e. The summed E-state index contributed by atoms with van der Waals surface area (Å²) in [6, 6.07) is 4.16. The lowest BCUT2D eigenvalue weighted by Gasteiger charge is -2.15. The molecule has 0 saturated heterocycles. The van der Waals surface area contributed by atoms with Crippen LogP contribution in [0.3, 0.4) is 0 Å². The van der Waals surface area contributed by atoms with Gasteiger partial charge in [0, 0.05) is 4.88 Å². The molecule has 2 rings (SSSR count). The molecule has 5 nitrogen and oxygen atoms in total. The Balaban J connectivity index is 2.17. The Hall–Kier alpha value is -1.95. The van der Waals surface area contributed by atoms with E-state index in [1.54, 1.807) is 11.3 Å². The van der Waals surface area contributed by atoms with E-state index in [9.17, 15) is 4.79 Å². The second kappa shape index (κ2) is 5.59. The van der Waals surface area contributed by atoms with Crippen LogP contribution in [0.1, 0.15) is 34.8 Å². The molecule has 18 heavy (non-hydrogen) atoms. The summed E-state index contributed by atoms with van der Waals surface area (Å²) >= 11 is 1.66. The summed E-state index contributed by atoms with van der Waals surface area (Å²) in [4.78, 5) is 19.9. The van der Waals surface area contributed by atoms with Gasteiger partial charge in [0.15, 0.2) is 5.69 Å². The summed E-state index contributed by atoms with van der Waals surface area (Å²) in [6.07, 6.45) is 3.65. The molecule has 0 spiro atoms. The third-order valence-corrected chi connectivity index (χ3v) is 3.46. The first-order chi connectivity index (χ1) is 8.70. The summed E-state index contributed by atoms with van der Waals surface area (Å²) in [5, 5.41) is 14.1. The Bertz CT molecular complexity index is 528. The number of thiophene rings is 1. The third kappa shape index (κ3) is 2.84. The molecule has 0 aliphatic carbocycles. The Labute approximate surface area is 109 Å². The van der Waals surface area contributed by atoms with Crippen molar-refractivity contribution < 1.29 is 9.90 Å². The van der Waals surface area contributed by atoms with Gasteiger partial charge in [-0.25, -0.2) is 9.78 Å². The number of nitrogens with zero attached hydrogens (tertiary/aromatic N) is 2. The van der Waals surface area contributed by atoms with E-state index < -0.39 is 5.97 Å². The highest BCUT2D eigenvalue weighted by Crippen LogP contribution is 2.25. The predicted molar refractivity (Wildman–Crippen MR) is 70.0 cm³/mol. The molecule has 0 fully saturated rings. The fourth-order valence-electron chi connectivity index (χ4n) is 1.58. The maximum absolute atomic E-state index is 10.8. The van der Waals surface area contributed by atoms with Gasteiger partial charge in [-0.2, -0.15) is 0 Å². The number of nitrogens with one attached hydrogen (secondary N) is 1. The van der Waals surface area contributed by atoms with E-state index in [0.29, 0.717) is 5.82 Å². The van der Waals surface area contributed by atoms with Crippen molar-refractivity contribution in [2.24, 2.45) is 0 Å². The lowest BCUT2D eigenvalue weighted by Crippen LogP contribution is -2.11. The molecule has 2 N–H and O–H groups in total. The van der Waals surface area contributed by atoms with Gasteiger partial charge in [0.1, 0.15) is 5.82 Å². The molecule has 0 saturated carbocycles. The summed E-state index contributed by atoms with van der Waals surface area (Å²) in [5.41, 5.74) is -0.0546. The lowest BCUT2D eigenvalue weighted by molar-refractivity contribution is 0.0690. The van der Waals surface area contributed by atoms with E-state index in [-0.39, 0.29) is 11.7 Å². The van der Waals surface area contributed by atoms with Crippen LogP contribution in [0.2, 0.25) is 0 Å². The average molecular weight is 263 g/mol. The van der Waals surface area contributed by atoms with Crippen molar-refractivity contribution in [3.63, 3.8) is 0 Å². The number of carboxylic acid groups (broad SMARTS) is 1. The van der Waals surface area contributed by atoms with Crippen LogP contribution in [0, 0.1) is 0 Å². The number of anilines is 1. The largest absolute Gasteiger partial charge is 0.476 e. The van der Waals surface area contributed by atoms with Gasteiger partial charge in [-0.3, -0.25) is 4.98 Å². The first-order valence-corrected chi connectivity index (χ1v) is 6.44. The van der Waals surface area contributed by atoms with Crippen molar-refractivity contribution in [3.8, 4) is 0 Å². The lowest BCUT2D eigenvalue weighted by atomic mass is 10.2. The number of carbonyl (C=O) groups is 1. The first kappa shape index (κ1) is 12.5. The summed E-state index contributed by atoms with van der Waals surface area (Å²) < 4.78 is 0. The van der Waals surface area contributed by atoms with Crippen molar-refractivity contribution in [2.75, 3.05) is 5.32 Å². The van der Waals surface area contributed by atoms with E-state index in [0.717, 1.165) is 6.42 Å². The zero-order chi connectivity index (χ0) is 13.0. The van der Waals surface area contributed by atoms with Gasteiger partial charge in [0.2, 0.25) is 0 Å². The third-order valence-electron chi connectivity index (χ3n) is 2.47. The van der Waals surface area contributed by atoms with Crippen LogP contribution in [-0.4, -0.2) is 21.0 Å². The second-order valence-corrected chi connectivity index (χ2v) is 4.69. The van der Waals surface area contributed by atoms with E-state index in [2.05, 4.69) is 22.2 Å². The molecule has 0 radical (unpaired) electrons. The average Bonchev–Trinajstić information content (AvgIpc) is 2.90. The summed E-state index contributed by atoms with van der Waals surface area (Å²) in [5.74, 6) is -0.592. The Morgan fingerprint density at radius 3 is 3.00 bits per heavy atom. The van der Waals surface area contributed by atoms with Gasteiger partial charge in [0.05, 0.1) is 18.4 Å². The van der Waals surface area contributed by atoms with E-state index >= 15 is 0 Å². The van der Waals surface area contributed by atoms with Gasteiger partial charge >= 0.3 is 5.97 Å². The van der Waals surface area contributed by atoms with Crippen LogP contribution < -0.4 is 5.32 Å². The maximum atomic E-state index is 10.8. The summed E-state index contributed by atoms with van der Waals surface area (Å²) in [7, 11) is 0. The molecule has 94 valence electrons. The highest BCUT2D eigenvalue weighted by atomic mass is 32.1. The van der Waals surface area contributed by atoms with Gasteiger partial charge in [-0.1, -0.05) is 13.0 Å². The van der Waals surface area contributed by atoms with E-state index in [1.165, 1.54) is 17.3 Å². The highest BCUT2D eigenvalue weighted by Gasteiger charge is 2.12. The number of aromatic nitrogens is 2. The van der Waals surface area contributed by atoms with Gasteiger partial charge < -0.3 is 10.4 Å². The second-order valence-electron chi connectivity index (χ2n) is 3.72. The van der Waals surface area contributed by atoms with Crippen LogP contribution in [0.4, 0.5) is 5.82 Å². The SMILES string of the molecule is CCC(Nc1cncc(C(=O)O)n1)c1cccs1. The van der Waals surface area contributed by atoms with Crippen LogP contribution in [0.25, 0.3) is 0 Å². The zero-order valence-electron chi connectivity index (χ0n) is 9.83. The van der Waals surface area contributed by atoms with Crippen LogP contribution in [0.5, 0.6) is 0 Å². The Morgan fingerprint density at radius 2 is 2.39 bits per heavy atom. The van der Waals surface area contributed by atoms with Crippen molar-refractivity contribution in [3.05, 3.63) is 40.5 Å². The monoisotopic (exact) mass is 263 g/mol.